The molecule has 1 saturated carbocycles. The van der Waals surface area contributed by atoms with Crippen LogP contribution in [0.25, 0.3) is 0 Å². The van der Waals surface area contributed by atoms with Gasteiger partial charge in [0.15, 0.2) is 0 Å². The van der Waals surface area contributed by atoms with Crippen LogP contribution in [0.4, 0.5) is 0 Å². The van der Waals surface area contributed by atoms with Crippen molar-refractivity contribution in [2.24, 2.45) is 0 Å². The Hall–Kier alpha value is -0.0800. The highest BCUT2D eigenvalue weighted by Gasteiger charge is 2.19. The number of nitrogens with zero attached hydrogens (tertiary/aromatic N) is 1. The van der Waals surface area contributed by atoms with Crippen LogP contribution in [0.2, 0.25) is 0 Å². The van der Waals surface area contributed by atoms with Crippen molar-refractivity contribution in [1.82, 2.24) is 10.2 Å². The molecule has 1 unspecified atom stereocenters. The molecule has 0 aromatic carbocycles. The van der Waals surface area contributed by atoms with Gasteiger partial charge in [0.05, 0.1) is 0 Å². The van der Waals surface area contributed by atoms with Crippen LogP contribution in [0, 0.1) is 0 Å². The van der Waals surface area contributed by atoms with E-state index in [1.165, 1.54) is 90.3 Å². The molecule has 0 spiro atoms. The minimum Gasteiger partial charge on any atom is -0.311 e. The molecule has 0 bridgehead atoms. The van der Waals surface area contributed by atoms with Crippen LogP contribution in [0.1, 0.15) is 77.6 Å². The quantitative estimate of drug-likeness (QED) is 0.829. The summed E-state index contributed by atoms with van der Waals surface area (Å²) in [6.45, 7) is 6.25. The van der Waals surface area contributed by atoms with Crippen LogP contribution >= 0.6 is 0 Å². The molecule has 0 aromatic rings. The largest absolute Gasteiger partial charge is 0.311 e. The van der Waals surface area contributed by atoms with Crippen molar-refractivity contribution in [1.29, 1.82) is 0 Å². The van der Waals surface area contributed by atoms with Crippen molar-refractivity contribution in [2.75, 3.05) is 19.6 Å². The van der Waals surface area contributed by atoms with Gasteiger partial charge >= 0.3 is 0 Å². The molecule has 2 rings (SSSR count). The van der Waals surface area contributed by atoms with Gasteiger partial charge in [-0.3, -0.25) is 0 Å². The van der Waals surface area contributed by atoms with E-state index in [4.69, 9.17) is 0 Å². The molecule has 0 aromatic heterocycles. The first-order valence-electron chi connectivity index (χ1n) is 8.87. The van der Waals surface area contributed by atoms with E-state index in [0.29, 0.717) is 0 Å². The molecule has 1 aliphatic heterocycles. The van der Waals surface area contributed by atoms with E-state index in [0.717, 1.165) is 12.1 Å². The highest BCUT2D eigenvalue weighted by molar-refractivity contribution is 4.79. The Morgan fingerprint density at radius 3 is 2.16 bits per heavy atom. The maximum absolute atomic E-state index is 4.00. The van der Waals surface area contributed by atoms with Gasteiger partial charge in [0.1, 0.15) is 0 Å². The Balaban J connectivity index is 1.71. The summed E-state index contributed by atoms with van der Waals surface area (Å²) in [6.07, 6.45) is 15.6. The Morgan fingerprint density at radius 1 is 0.789 bits per heavy atom. The first kappa shape index (κ1) is 15.3. The van der Waals surface area contributed by atoms with Gasteiger partial charge in [-0.05, 0) is 58.2 Å². The van der Waals surface area contributed by atoms with Gasteiger partial charge in [-0.2, -0.15) is 0 Å². The first-order chi connectivity index (χ1) is 9.38. The number of rotatable bonds is 4. The summed E-state index contributed by atoms with van der Waals surface area (Å²) in [4.78, 5) is 2.67. The molecule has 2 fully saturated rings. The second-order valence-corrected chi connectivity index (χ2v) is 6.68. The van der Waals surface area contributed by atoms with E-state index in [-0.39, 0.29) is 0 Å². The average molecular weight is 266 g/mol. The Kier molecular flexibility index (Phi) is 7.23. The monoisotopic (exact) mass is 266 g/mol. The van der Waals surface area contributed by atoms with Crippen LogP contribution in [0.3, 0.4) is 0 Å². The van der Waals surface area contributed by atoms with E-state index >= 15 is 0 Å². The molecule has 19 heavy (non-hydrogen) atoms. The number of likely N-dealkylation sites (tertiary alicyclic amines) is 1. The zero-order valence-corrected chi connectivity index (χ0v) is 13.0. The summed E-state index contributed by atoms with van der Waals surface area (Å²) >= 11 is 0. The highest BCUT2D eigenvalue weighted by Crippen LogP contribution is 2.19. The molecule has 2 nitrogen and oxygen atoms in total. The smallest absolute Gasteiger partial charge is 0.00823 e. The van der Waals surface area contributed by atoms with Crippen molar-refractivity contribution >= 4 is 0 Å². The summed E-state index contributed by atoms with van der Waals surface area (Å²) in [5.41, 5.74) is 0. The number of hydrogen-bond acceptors (Lipinski definition) is 2. The lowest BCUT2D eigenvalue weighted by atomic mass is 9.95. The van der Waals surface area contributed by atoms with Crippen LogP contribution in [0.5, 0.6) is 0 Å². The van der Waals surface area contributed by atoms with Gasteiger partial charge in [-0.1, -0.05) is 39.0 Å². The molecule has 112 valence electrons. The predicted octanol–water partition coefficient (Wildman–Crippen LogP) is 3.95. The number of nitrogens with one attached hydrogen (secondary N) is 1. The van der Waals surface area contributed by atoms with Gasteiger partial charge in [-0.25, -0.2) is 0 Å². The van der Waals surface area contributed by atoms with Crippen molar-refractivity contribution in [3.05, 3.63) is 0 Å². The molecule has 0 amide bonds. The average Bonchev–Trinajstić information content (AvgIpc) is 2.59. The van der Waals surface area contributed by atoms with Crippen molar-refractivity contribution in [2.45, 2.75) is 89.6 Å². The minimum atomic E-state index is 0.797. The Morgan fingerprint density at radius 2 is 1.42 bits per heavy atom. The molecule has 2 aliphatic rings. The molecule has 1 N–H and O–H groups in total. The van der Waals surface area contributed by atoms with Gasteiger partial charge in [0.2, 0.25) is 0 Å². The van der Waals surface area contributed by atoms with E-state index in [1.54, 1.807) is 0 Å². The zero-order chi connectivity index (χ0) is 13.3. The summed E-state index contributed by atoms with van der Waals surface area (Å²) < 4.78 is 0. The Labute approximate surface area is 120 Å². The number of hydrogen-bond donors (Lipinski definition) is 1. The van der Waals surface area contributed by atoms with Crippen LogP contribution in [-0.2, 0) is 0 Å². The minimum absolute atomic E-state index is 0.797. The van der Waals surface area contributed by atoms with E-state index in [9.17, 15) is 0 Å². The third-order valence-electron chi connectivity index (χ3n) is 4.94. The lowest BCUT2D eigenvalue weighted by Crippen LogP contribution is -2.39. The van der Waals surface area contributed by atoms with Gasteiger partial charge in [-0.15, -0.1) is 0 Å². The zero-order valence-electron chi connectivity index (χ0n) is 13.0. The summed E-state index contributed by atoms with van der Waals surface area (Å²) in [6, 6.07) is 1.62. The molecule has 1 heterocycles. The Bertz CT molecular complexity index is 221. The molecular formula is C17H34N2. The summed E-state index contributed by atoms with van der Waals surface area (Å²) in [5.74, 6) is 0. The fourth-order valence-corrected chi connectivity index (χ4v) is 3.82. The van der Waals surface area contributed by atoms with Gasteiger partial charge in [0, 0.05) is 12.1 Å². The van der Waals surface area contributed by atoms with Crippen LogP contribution in [-0.4, -0.2) is 36.6 Å². The maximum Gasteiger partial charge on any atom is 0.00823 e. The molecule has 2 heteroatoms. The predicted molar refractivity (Wildman–Crippen MR) is 83.6 cm³/mol. The summed E-state index contributed by atoms with van der Waals surface area (Å²) in [5, 5.41) is 4.00. The third-order valence-corrected chi connectivity index (χ3v) is 4.94. The standard InChI is InChI=1S/C17H34N2/c1-2-13-19-14-8-11-17(12-15-19)18-16-9-6-4-3-5-7-10-16/h16-18H,2-15H2,1H3. The van der Waals surface area contributed by atoms with Crippen molar-refractivity contribution in [3.8, 4) is 0 Å². The first-order valence-corrected chi connectivity index (χ1v) is 8.87. The second-order valence-electron chi connectivity index (χ2n) is 6.68. The van der Waals surface area contributed by atoms with Crippen LogP contribution in [0.15, 0.2) is 0 Å². The summed E-state index contributed by atoms with van der Waals surface area (Å²) in [7, 11) is 0. The topological polar surface area (TPSA) is 15.3 Å². The third kappa shape index (κ3) is 5.83. The van der Waals surface area contributed by atoms with Crippen molar-refractivity contribution in [3.63, 3.8) is 0 Å². The molecular weight excluding hydrogens is 232 g/mol. The fraction of sp³-hybridized carbons (Fsp3) is 1.00. The molecule has 1 atom stereocenters. The highest BCUT2D eigenvalue weighted by atomic mass is 15.1. The molecule has 1 saturated heterocycles. The SMILES string of the molecule is CCCN1CCCC(NC2CCCCCCC2)CC1. The van der Waals surface area contributed by atoms with E-state index < -0.39 is 0 Å². The van der Waals surface area contributed by atoms with Gasteiger partial charge in [0.25, 0.3) is 0 Å². The van der Waals surface area contributed by atoms with Crippen molar-refractivity contribution < 1.29 is 0 Å². The van der Waals surface area contributed by atoms with Crippen LogP contribution < -0.4 is 5.32 Å². The van der Waals surface area contributed by atoms with E-state index in [1.807, 2.05) is 0 Å². The lowest BCUT2D eigenvalue weighted by Gasteiger charge is -2.26. The fourth-order valence-electron chi connectivity index (χ4n) is 3.82. The molecule has 1 aliphatic carbocycles. The maximum atomic E-state index is 4.00. The second kappa shape index (κ2) is 8.97. The normalized spacial score (nSPS) is 28.6. The lowest BCUT2D eigenvalue weighted by molar-refractivity contribution is 0.278. The van der Waals surface area contributed by atoms with E-state index in [2.05, 4.69) is 17.1 Å². The van der Waals surface area contributed by atoms with Gasteiger partial charge < -0.3 is 10.2 Å². The molecule has 0 radical (unpaired) electrons.